The molecule has 3 heteroatoms. The van der Waals surface area contributed by atoms with Crippen LogP contribution in [0.25, 0.3) is 110 Å². The molecule has 1 aliphatic rings. The van der Waals surface area contributed by atoms with Crippen molar-refractivity contribution >= 4 is 53.9 Å². The van der Waals surface area contributed by atoms with Crippen LogP contribution in [-0.4, -0.2) is 15.0 Å². The molecule has 0 unspecified atom stereocenters. The molecule has 0 saturated carbocycles. The summed E-state index contributed by atoms with van der Waals surface area (Å²) in [5.74, 6) is 1.94. The van der Waals surface area contributed by atoms with E-state index in [4.69, 9.17) is 15.0 Å². The summed E-state index contributed by atoms with van der Waals surface area (Å²) in [6.07, 6.45) is 0. The average Bonchev–Trinajstić information content (AvgIpc) is 3.53. The van der Waals surface area contributed by atoms with E-state index in [0.717, 1.165) is 27.5 Å². The molecule has 10 aromatic carbocycles. The van der Waals surface area contributed by atoms with Crippen LogP contribution in [0.4, 0.5) is 0 Å². The zero-order chi connectivity index (χ0) is 39.2. The highest BCUT2D eigenvalue weighted by Gasteiger charge is 2.36. The minimum absolute atomic E-state index is 0.0592. The van der Waals surface area contributed by atoms with Crippen LogP contribution in [0, 0.1) is 0 Å². The standard InChI is InChI=1S/C56H37N3/c1-56(2)50-19-8-7-16-47(50)52-45(17-10-20-51(52)56)39-29-30-44-38(31-39)13-9-18-46(44)55-58-53(40-27-25-36-23-21-34-11-3-5-14-42(34)48(36)32-40)57-54(59-55)41-28-26-37-24-22-35-12-4-6-15-43(35)49(37)33-41/h3-33H,1-2H3. The molecule has 0 bridgehead atoms. The lowest BCUT2D eigenvalue weighted by molar-refractivity contribution is 0.660. The van der Waals surface area contributed by atoms with Gasteiger partial charge < -0.3 is 0 Å². The van der Waals surface area contributed by atoms with E-state index in [1.807, 2.05) is 0 Å². The van der Waals surface area contributed by atoms with Gasteiger partial charge in [0, 0.05) is 22.1 Å². The highest BCUT2D eigenvalue weighted by molar-refractivity contribution is 6.10. The summed E-state index contributed by atoms with van der Waals surface area (Å²) in [5.41, 5.74) is 10.7. The van der Waals surface area contributed by atoms with Crippen LogP contribution >= 0.6 is 0 Å². The molecule has 12 rings (SSSR count). The van der Waals surface area contributed by atoms with Crippen molar-refractivity contribution in [1.29, 1.82) is 0 Å². The van der Waals surface area contributed by atoms with Gasteiger partial charge in [-0.2, -0.15) is 0 Å². The second-order valence-corrected chi connectivity index (χ2v) is 16.4. The zero-order valence-corrected chi connectivity index (χ0v) is 32.7. The molecule has 1 aromatic heterocycles. The molecular weight excluding hydrogens is 715 g/mol. The molecule has 3 nitrogen and oxygen atoms in total. The lowest BCUT2D eigenvalue weighted by Crippen LogP contribution is -2.14. The Morgan fingerprint density at radius 3 is 1.46 bits per heavy atom. The van der Waals surface area contributed by atoms with Crippen molar-refractivity contribution in [3.8, 4) is 56.4 Å². The second-order valence-electron chi connectivity index (χ2n) is 16.4. The van der Waals surface area contributed by atoms with Crippen LogP contribution in [-0.2, 0) is 5.41 Å². The van der Waals surface area contributed by atoms with Crippen molar-refractivity contribution < 1.29 is 0 Å². The minimum Gasteiger partial charge on any atom is -0.208 e. The molecule has 11 aromatic rings. The maximum absolute atomic E-state index is 5.30. The lowest BCUT2D eigenvalue weighted by Gasteiger charge is -2.21. The SMILES string of the molecule is CC1(C)c2ccccc2-c2c(-c3ccc4c(-c5nc(-c6ccc7ccc8ccccc8c7c6)nc(-c6ccc7ccc8ccccc8c7c6)n5)cccc4c3)cccc21. The van der Waals surface area contributed by atoms with Gasteiger partial charge >= 0.3 is 0 Å². The normalized spacial score (nSPS) is 13.1. The van der Waals surface area contributed by atoms with Crippen LogP contribution in [0.3, 0.4) is 0 Å². The Bertz CT molecular complexity index is 3410. The first-order valence-electron chi connectivity index (χ1n) is 20.3. The number of hydrogen-bond acceptors (Lipinski definition) is 3. The number of aromatic nitrogens is 3. The molecule has 0 atom stereocenters. The second kappa shape index (κ2) is 12.8. The third-order valence-electron chi connectivity index (χ3n) is 12.7. The molecule has 59 heavy (non-hydrogen) atoms. The molecule has 0 saturated heterocycles. The first kappa shape index (κ1) is 33.6. The van der Waals surface area contributed by atoms with Gasteiger partial charge in [-0.05, 0) is 105 Å². The van der Waals surface area contributed by atoms with Crippen molar-refractivity contribution in [3.05, 3.63) is 199 Å². The number of nitrogens with zero attached hydrogens (tertiary/aromatic N) is 3. The minimum atomic E-state index is -0.0592. The fourth-order valence-corrected chi connectivity index (χ4v) is 9.68. The highest BCUT2D eigenvalue weighted by Crippen LogP contribution is 2.52. The molecule has 1 aliphatic carbocycles. The van der Waals surface area contributed by atoms with E-state index in [9.17, 15) is 0 Å². The van der Waals surface area contributed by atoms with Crippen LogP contribution in [0.2, 0.25) is 0 Å². The molecular formula is C56H37N3. The first-order valence-corrected chi connectivity index (χ1v) is 20.3. The van der Waals surface area contributed by atoms with Crippen molar-refractivity contribution in [2.24, 2.45) is 0 Å². The van der Waals surface area contributed by atoms with Gasteiger partial charge in [0.1, 0.15) is 0 Å². The quantitative estimate of drug-likeness (QED) is 0.168. The Morgan fingerprint density at radius 1 is 0.305 bits per heavy atom. The Kier molecular flexibility index (Phi) is 7.27. The van der Waals surface area contributed by atoms with E-state index in [0.29, 0.717) is 17.5 Å². The monoisotopic (exact) mass is 751 g/mol. The maximum Gasteiger partial charge on any atom is 0.164 e. The van der Waals surface area contributed by atoms with Crippen LogP contribution in [0.15, 0.2) is 188 Å². The number of benzene rings is 10. The van der Waals surface area contributed by atoms with E-state index < -0.39 is 0 Å². The molecule has 0 N–H and O–H groups in total. The maximum atomic E-state index is 5.30. The van der Waals surface area contributed by atoms with Gasteiger partial charge in [-0.15, -0.1) is 0 Å². The van der Waals surface area contributed by atoms with E-state index in [-0.39, 0.29) is 5.41 Å². The van der Waals surface area contributed by atoms with Gasteiger partial charge in [-0.25, -0.2) is 15.0 Å². The largest absolute Gasteiger partial charge is 0.208 e. The molecule has 0 aliphatic heterocycles. The predicted molar refractivity (Wildman–Crippen MR) is 247 cm³/mol. The topological polar surface area (TPSA) is 38.7 Å². The predicted octanol–water partition coefficient (Wildman–Crippen LogP) is 14.6. The van der Waals surface area contributed by atoms with Crippen molar-refractivity contribution in [3.63, 3.8) is 0 Å². The van der Waals surface area contributed by atoms with Gasteiger partial charge in [0.15, 0.2) is 17.5 Å². The lowest BCUT2D eigenvalue weighted by atomic mass is 9.82. The average molecular weight is 752 g/mol. The van der Waals surface area contributed by atoms with E-state index in [2.05, 4.69) is 202 Å². The van der Waals surface area contributed by atoms with Crippen LogP contribution < -0.4 is 0 Å². The van der Waals surface area contributed by atoms with Crippen molar-refractivity contribution in [2.75, 3.05) is 0 Å². The smallest absolute Gasteiger partial charge is 0.164 e. The van der Waals surface area contributed by atoms with E-state index in [1.54, 1.807) is 0 Å². The molecule has 0 radical (unpaired) electrons. The molecule has 0 fully saturated rings. The number of fused-ring (bicyclic) bond motifs is 10. The van der Waals surface area contributed by atoms with Gasteiger partial charge in [-0.3, -0.25) is 0 Å². The zero-order valence-electron chi connectivity index (χ0n) is 32.7. The fourth-order valence-electron chi connectivity index (χ4n) is 9.68. The Balaban J connectivity index is 1.05. The van der Waals surface area contributed by atoms with Crippen LogP contribution in [0.1, 0.15) is 25.0 Å². The fraction of sp³-hybridized carbons (Fsp3) is 0.0536. The van der Waals surface area contributed by atoms with Gasteiger partial charge in [-0.1, -0.05) is 184 Å². The number of hydrogen-bond donors (Lipinski definition) is 0. The molecule has 276 valence electrons. The Morgan fingerprint density at radius 2 is 0.780 bits per heavy atom. The Labute approximate surface area is 342 Å². The summed E-state index contributed by atoms with van der Waals surface area (Å²) in [6, 6.07) is 68.0. The summed E-state index contributed by atoms with van der Waals surface area (Å²) in [4.78, 5) is 15.8. The number of rotatable bonds is 4. The third-order valence-corrected chi connectivity index (χ3v) is 12.7. The summed E-state index contributed by atoms with van der Waals surface area (Å²) in [5, 5.41) is 11.8. The van der Waals surface area contributed by atoms with Crippen molar-refractivity contribution in [2.45, 2.75) is 19.3 Å². The van der Waals surface area contributed by atoms with E-state index in [1.165, 1.54) is 76.5 Å². The summed E-state index contributed by atoms with van der Waals surface area (Å²) < 4.78 is 0. The van der Waals surface area contributed by atoms with E-state index >= 15 is 0 Å². The molecule has 1 heterocycles. The van der Waals surface area contributed by atoms with Gasteiger partial charge in [0.25, 0.3) is 0 Å². The molecule has 0 amide bonds. The Hall–Kier alpha value is -7.49. The molecule has 0 spiro atoms. The van der Waals surface area contributed by atoms with Crippen LogP contribution in [0.5, 0.6) is 0 Å². The summed E-state index contributed by atoms with van der Waals surface area (Å²) in [6.45, 7) is 4.68. The first-order chi connectivity index (χ1) is 29.0. The third kappa shape index (κ3) is 5.25. The summed E-state index contributed by atoms with van der Waals surface area (Å²) in [7, 11) is 0. The van der Waals surface area contributed by atoms with Crippen molar-refractivity contribution in [1.82, 2.24) is 15.0 Å². The van der Waals surface area contributed by atoms with Gasteiger partial charge in [0.05, 0.1) is 0 Å². The van der Waals surface area contributed by atoms with Gasteiger partial charge in [0.2, 0.25) is 0 Å². The highest BCUT2D eigenvalue weighted by atomic mass is 15.0. The summed E-state index contributed by atoms with van der Waals surface area (Å²) >= 11 is 0.